The van der Waals surface area contributed by atoms with Crippen LogP contribution < -0.4 is 4.90 Å². The number of aromatic nitrogens is 2. The van der Waals surface area contributed by atoms with Crippen molar-refractivity contribution in [2.45, 2.75) is 32.6 Å². The van der Waals surface area contributed by atoms with E-state index >= 15 is 0 Å². The predicted octanol–water partition coefficient (Wildman–Crippen LogP) is 3.05. The molecule has 1 atom stereocenters. The number of hydrogen-bond acceptors (Lipinski definition) is 4. The van der Waals surface area contributed by atoms with E-state index in [1.165, 1.54) is 12.8 Å². The van der Waals surface area contributed by atoms with E-state index in [2.05, 4.69) is 44.8 Å². The van der Waals surface area contributed by atoms with Crippen molar-refractivity contribution < 1.29 is 4.74 Å². The first-order valence-electron chi connectivity index (χ1n) is 7.01. The van der Waals surface area contributed by atoms with E-state index in [1.54, 1.807) is 0 Å². The Kier molecular flexibility index (Phi) is 5.58. The maximum Gasteiger partial charge on any atom is 0.133 e. The van der Waals surface area contributed by atoms with Gasteiger partial charge in [0.2, 0.25) is 0 Å². The first kappa shape index (κ1) is 14.7. The summed E-state index contributed by atoms with van der Waals surface area (Å²) in [7, 11) is 2.10. The van der Waals surface area contributed by atoms with Crippen LogP contribution in [0, 0.1) is 5.92 Å². The molecule has 5 heteroatoms. The Bertz CT molecular complexity index is 408. The third-order valence-corrected chi connectivity index (χ3v) is 3.79. The molecule has 1 aromatic rings. The van der Waals surface area contributed by atoms with Crippen molar-refractivity contribution in [1.82, 2.24) is 9.97 Å². The van der Waals surface area contributed by atoms with Crippen LogP contribution in [0.25, 0.3) is 0 Å². The highest BCUT2D eigenvalue weighted by Gasteiger charge is 2.17. The van der Waals surface area contributed by atoms with E-state index in [0.29, 0.717) is 5.92 Å². The smallest absolute Gasteiger partial charge is 0.133 e. The minimum Gasteiger partial charge on any atom is -0.381 e. The van der Waals surface area contributed by atoms with Crippen LogP contribution in [-0.4, -0.2) is 36.8 Å². The van der Waals surface area contributed by atoms with Crippen molar-refractivity contribution in [2.24, 2.45) is 5.92 Å². The van der Waals surface area contributed by atoms with Crippen LogP contribution in [0.3, 0.4) is 0 Å². The molecule has 4 nitrogen and oxygen atoms in total. The molecule has 1 fully saturated rings. The van der Waals surface area contributed by atoms with E-state index in [4.69, 9.17) is 4.74 Å². The third-order valence-electron chi connectivity index (χ3n) is 3.38. The summed E-state index contributed by atoms with van der Waals surface area (Å²) in [6.45, 7) is 4.93. The van der Waals surface area contributed by atoms with E-state index in [9.17, 15) is 0 Å². The van der Waals surface area contributed by atoms with Gasteiger partial charge in [0.1, 0.15) is 16.2 Å². The normalized spacial score (nSPS) is 19.4. The quantitative estimate of drug-likeness (QED) is 0.779. The van der Waals surface area contributed by atoms with E-state index in [0.717, 1.165) is 48.8 Å². The van der Waals surface area contributed by atoms with Crippen molar-refractivity contribution in [3.05, 3.63) is 16.5 Å². The van der Waals surface area contributed by atoms with Gasteiger partial charge in [0, 0.05) is 32.7 Å². The van der Waals surface area contributed by atoms with Crippen LogP contribution in [0.1, 0.15) is 32.0 Å². The van der Waals surface area contributed by atoms with Gasteiger partial charge in [-0.1, -0.05) is 6.92 Å². The highest BCUT2D eigenvalue weighted by Crippen LogP contribution is 2.20. The van der Waals surface area contributed by atoms with Gasteiger partial charge < -0.3 is 9.64 Å². The van der Waals surface area contributed by atoms with Gasteiger partial charge in [-0.3, -0.25) is 0 Å². The van der Waals surface area contributed by atoms with Gasteiger partial charge in [0.15, 0.2) is 0 Å². The second kappa shape index (κ2) is 7.20. The molecule has 0 saturated carbocycles. The highest BCUT2D eigenvalue weighted by molar-refractivity contribution is 9.10. The Labute approximate surface area is 123 Å². The molecule has 1 unspecified atom stereocenters. The topological polar surface area (TPSA) is 38.2 Å². The van der Waals surface area contributed by atoms with Crippen LogP contribution in [0.15, 0.2) is 10.7 Å². The lowest BCUT2D eigenvalue weighted by molar-refractivity contribution is 0.0576. The average molecular weight is 328 g/mol. The first-order chi connectivity index (χ1) is 9.19. The molecule has 0 aromatic carbocycles. The Morgan fingerprint density at radius 2 is 2.32 bits per heavy atom. The summed E-state index contributed by atoms with van der Waals surface area (Å²) in [6, 6.07) is 1.99. The van der Waals surface area contributed by atoms with Crippen LogP contribution >= 0.6 is 15.9 Å². The monoisotopic (exact) mass is 327 g/mol. The van der Waals surface area contributed by atoms with Crippen LogP contribution in [0.5, 0.6) is 0 Å². The molecule has 0 amide bonds. The first-order valence-corrected chi connectivity index (χ1v) is 7.80. The largest absolute Gasteiger partial charge is 0.381 e. The lowest BCUT2D eigenvalue weighted by Gasteiger charge is -2.28. The molecule has 106 valence electrons. The molecule has 0 spiro atoms. The number of aryl methyl sites for hydroxylation is 1. The second-order valence-electron chi connectivity index (χ2n) is 5.18. The number of nitrogens with zero attached hydrogens (tertiary/aromatic N) is 3. The summed E-state index contributed by atoms with van der Waals surface area (Å²) in [6.07, 6.45) is 4.41. The van der Waals surface area contributed by atoms with Gasteiger partial charge in [-0.15, -0.1) is 0 Å². The van der Waals surface area contributed by atoms with Crippen molar-refractivity contribution in [1.29, 1.82) is 0 Å². The molecule has 19 heavy (non-hydrogen) atoms. The molecule has 1 saturated heterocycles. The summed E-state index contributed by atoms with van der Waals surface area (Å²) in [4.78, 5) is 11.3. The summed E-state index contributed by atoms with van der Waals surface area (Å²) in [5, 5.41) is 0. The Morgan fingerprint density at radius 3 is 3.00 bits per heavy atom. The molecular weight excluding hydrogens is 306 g/mol. The maximum absolute atomic E-state index is 5.54. The minimum absolute atomic E-state index is 0.613. The van der Waals surface area contributed by atoms with Gasteiger partial charge in [-0.25, -0.2) is 9.97 Å². The molecule has 1 aliphatic rings. The van der Waals surface area contributed by atoms with Gasteiger partial charge in [-0.05, 0) is 41.1 Å². The number of rotatable bonds is 5. The zero-order chi connectivity index (χ0) is 13.7. The zero-order valence-corrected chi connectivity index (χ0v) is 13.3. The summed E-state index contributed by atoms with van der Waals surface area (Å²) in [5.74, 6) is 2.52. The zero-order valence-electron chi connectivity index (χ0n) is 11.7. The summed E-state index contributed by atoms with van der Waals surface area (Å²) >= 11 is 3.47. The molecule has 2 heterocycles. The fourth-order valence-corrected chi connectivity index (χ4v) is 2.82. The summed E-state index contributed by atoms with van der Waals surface area (Å²) in [5.41, 5.74) is 0. The van der Waals surface area contributed by atoms with Crippen molar-refractivity contribution >= 4 is 21.7 Å². The number of ether oxygens (including phenoxy) is 1. The highest BCUT2D eigenvalue weighted by atomic mass is 79.9. The molecule has 0 N–H and O–H groups in total. The van der Waals surface area contributed by atoms with Crippen molar-refractivity contribution in [2.75, 3.05) is 31.7 Å². The van der Waals surface area contributed by atoms with E-state index in [1.807, 2.05) is 6.07 Å². The lowest BCUT2D eigenvalue weighted by atomic mass is 10.0. The number of halogens is 1. The Balaban J connectivity index is 2.02. The Hall–Kier alpha value is -0.680. The molecule has 1 aromatic heterocycles. The standard InChI is InChI=1S/C14H22BrN3O/c1-3-5-13-16-12(15)8-14(17-13)18(2)9-11-6-4-7-19-10-11/h8,11H,3-7,9-10H2,1-2H3. The van der Waals surface area contributed by atoms with Crippen molar-refractivity contribution in [3.8, 4) is 0 Å². The number of anilines is 1. The fourth-order valence-electron chi connectivity index (χ4n) is 2.41. The molecule has 0 aliphatic carbocycles. The predicted molar refractivity (Wildman–Crippen MR) is 80.5 cm³/mol. The molecule has 2 rings (SSSR count). The average Bonchev–Trinajstić information content (AvgIpc) is 2.39. The summed E-state index contributed by atoms with van der Waals surface area (Å²) < 4.78 is 6.40. The SMILES string of the molecule is CCCc1nc(Br)cc(N(C)CC2CCCOC2)n1. The second-order valence-corrected chi connectivity index (χ2v) is 5.99. The molecular formula is C14H22BrN3O. The Morgan fingerprint density at radius 1 is 1.47 bits per heavy atom. The lowest BCUT2D eigenvalue weighted by Crippen LogP contribution is -2.31. The van der Waals surface area contributed by atoms with Crippen LogP contribution in [0.2, 0.25) is 0 Å². The third kappa shape index (κ3) is 4.42. The van der Waals surface area contributed by atoms with Crippen molar-refractivity contribution in [3.63, 3.8) is 0 Å². The van der Waals surface area contributed by atoms with Crippen LogP contribution in [0.4, 0.5) is 5.82 Å². The minimum atomic E-state index is 0.613. The molecule has 1 aliphatic heterocycles. The van der Waals surface area contributed by atoms with Gasteiger partial charge >= 0.3 is 0 Å². The maximum atomic E-state index is 5.54. The fraction of sp³-hybridized carbons (Fsp3) is 0.714. The van der Waals surface area contributed by atoms with Gasteiger partial charge in [-0.2, -0.15) is 0 Å². The van der Waals surface area contributed by atoms with Gasteiger partial charge in [0.05, 0.1) is 6.61 Å². The van der Waals surface area contributed by atoms with Gasteiger partial charge in [0.25, 0.3) is 0 Å². The van der Waals surface area contributed by atoms with E-state index < -0.39 is 0 Å². The van der Waals surface area contributed by atoms with E-state index in [-0.39, 0.29) is 0 Å². The molecule has 0 bridgehead atoms. The number of hydrogen-bond donors (Lipinski definition) is 0. The molecule has 0 radical (unpaired) electrons. The van der Waals surface area contributed by atoms with Crippen LogP contribution in [-0.2, 0) is 11.2 Å².